The molecule has 0 bridgehead atoms. The maximum atomic E-state index is 13.2. The number of Topliss-reactive ketones (excluding diaryl/α,β-unsaturated/α-hetero) is 1. The van der Waals surface area contributed by atoms with Crippen LogP contribution in [0.1, 0.15) is 28.9 Å². The number of thiazole rings is 1. The van der Waals surface area contributed by atoms with Crippen LogP contribution >= 0.6 is 22.9 Å². The van der Waals surface area contributed by atoms with Crippen molar-refractivity contribution in [2.45, 2.75) is 19.4 Å². The first-order chi connectivity index (χ1) is 13.7. The van der Waals surface area contributed by atoms with Gasteiger partial charge in [-0.25, -0.2) is 4.98 Å². The monoisotopic (exact) mass is 415 g/mol. The number of hydrogen-bond acceptors (Lipinski definition) is 5. The molecule has 0 unspecified atom stereocenters. The molecular formula is C21H22ClN3O2S. The van der Waals surface area contributed by atoms with Gasteiger partial charge in [0.25, 0.3) is 0 Å². The van der Waals surface area contributed by atoms with Crippen LogP contribution in [0.5, 0.6) is 5.75 Å². The predicted octanol–water partition coefficient (Wildman–Crippen LogP) is 4.69. The van der Waals surface area contributed by atoms with Gasteiger partial charge in [0.2, 0.25) is 0 Å². The molecule has 5 nitrogen and oxygen atoms in total. The first-order valence-electron chi connectivity index (χ1n) is 9.32. The molecule has 146 valence electrons. The standard InChI is InChI=1S/C21H22ClN3O2S/c1-27-19-7-6-16(22)12-18(19)20(26)15-4-2-9-24(13-15)14-17-5-3-10-25(17)21-23-8-11-28-21/h3,5-8,10-12,15H,2,4,9,13-14H2,1H3/t15-/m1/s1. The molecule has 4 rings (SSSR count). The highest BCUT2D eigenvalue weighted by atomic mass is 35.5. The fourth-order valence-electron chi connectivity index (χ4n) is 3.80. The van der Waals surface area contributed by atoms with Gasteiger partial charge in [0.05, 0.1) is 12.7 Å². The van der Waals surface area contributed by atoms with E-state index >= 15 is 0 Å². The van der Waals surface area contributed by atoms with E-state index in [4.69, 9.17) is 16.3 Å². The van der Waals surface area contributed by atoms with Gasteiger partial charge in [-0.2, -0.15) is 0 Å². The van der Waals surface area contributed by atoms with Gasteiger partial charge in [-0.3, -0.25) is 14.3 Å². The molecule has 3 aromatic rings. The van der Waals surface area contributed by atoms with E-state index in [9.17, 15) is 4.79 Å². The van der Waals surface area contributed by atoms with Crippen molar-refractivity contribution >= 4 is 28.7 Å². The van der Waals surface area contributed by atoms with Gasteiger partial charge in [-0.1, -0.05) is 11.6 Å². The van der Waals surface area contributed by atoms with Crippen molar-refractivity contribution in [3.63, 3.8) is 0 Å². The molecule has 1 aliphatic heterocycles. The summed E-state index contributed by atoms with van der Waals surface area (Å²) in [6.07, 6.45) is 5.74. The van der Waals surface area contributed by atoms with Crippen LogP contribution in [0, 0.1) is 5.92 Å². The minimum absolute atomic E-state index is 0.0515. The Balaban J connectivity index is 1.49. The number of carbonyl (C=O) groups is 1. The highest BCUT2D eigenvalue weighted by Gasteiger charge is 2.29. The Labute approximate surface area is 173 Å². The smallest absolute Gasteiger partial charge is 0.193 e. The number of halogens is 1. The first-order valence-corrected chi connectivity index (χ1v) is 10.6. The summed E-state index contributed by atoms with van der Waals surface area (Å²) in [5.74, 6) is 0.646. The molecule has 2 aromatic heterocycles. The molecule has 0 N–H and O–H groups in total. The molecule has 28 heavy (non-hydrogen) atoms. The number of hydrogen-bond donors (Lipinski definition) is 0. The molecule has 1 aromatic carbocycles. The number of benzene rings is 1. The zero-order valence-corrected chi connectivity index (χ0v) is 17.2. The Morgan fingerprint density at radius 1 is 1.39 bits per heavy atom. The van der Waals surface area contributed by atoms with Crippen molar-refractivity contribution in [2.24, 2.45) is 5.92 Å². The van der Waals surface area contributed by atoms with Crippen LogP contribution in [0.25, 0.3) is 5.13 Å². The van der Waals surface area contributed by atoms with E-state index in [1.54, 1.807) is 36.6 Å². The molecular weight excluding hydrogens is 394 g/mol. The minimum atomic E-state index is -0.0515. The Morgan fingerprint density at radius 2 is 2.29 bits per heavy atom. The average Bonchev–Trinajstić information content (AvgIpc) is 3.39. The van der Waals surface area contributed by atoms with Crippen LogP contribution in [0.4, 0.5) is 0 Å². The number of ketones is 1. The number of nitrogens with zero attached hydrogens (tertiary/aromatic N) is 3. The van der Waals surface area contributed by atoms with Gasteiger partial charge in [0, 0.05) is 47.5 Å². The second-order valence-electron chi connectivity index (χ2n) is 6.97. The third-order valence-electron chi connectivity index (χ3n) is 5.15. The van der Waals surface area contributed by atoms with Gasteiger partial charge in [0.1, 0.15) is 5.75 Å². The summed E-state index contributed by atoms with van der Waals surface area (Å²) < 4.78 is 7.50. The lowest BCUT2D eigenvalue weighted by molar-refractivity contribution is 0.0806. The minimum Gasteiger partial charge on any atom is -0.496 e. The van der Waals surface area contributed by atoms with E-state index in [1.165, 1.54) is 5.69 Å². The van der Waals surface area contributed by atoms with E-state index in [0.717, 1.165) is 37.6 Å². The van der Waals surface area contributed by atoms with E-state index in [2.05, 4.69) is 20.5 Å². The largest absolute Gasteiger partial charge is 0.496 e. The average molecular weight is 416 g/mol. The molecule has 0 spiro atoms. The number of likely N-dealkylation sites (tertiary alicyclic amines) is 1. The van der Waals surface area contributed by atoms with Crippen molar-refractivity contribution in [1.29, 1.82) is 0 Å². The van der Waals surface area contributed by atoms with Crippen LogP contribution in [0.15, 0.2) is 48.1 Å². The van der Waals surface area contributed by atoms with Crippen molar-refractivity contribution in [3.05, 3.63) is 64.4 Å². The molecule has 7 heteroatoms. The van der Waals surface area contributed by atoms with E-state index < -0.39 is 0 Å². The van der Waals surface area contributed by atoms with Crippen LogP contribution in [0.3, 0.4) is 0 Å². The van der Waals surface area contributed by atoms with E-state index in [-0.39, 0.29) is 11.7 Å². The number of ether oxygens (including phenoxy) is 1. The summed E-state index contributed by atoms with van der Waals surface area (Å²) in [5.41, 5.74) is 1.76. The van der Waals surface area contributed by atoms with Gasteiger partial charge in [0.15, 0.2) is 10.9 Å². The second kappa shape index (κ2) is 8.47. The van der Waals surface area contributed by atoms with Gasteiger partial charge in [-0.05, 0) is 49.7 Å². The summed E-state index contributed by atoms with van der Waals surface area (Å²) in [6, 6.07) is 9.39. The van der Waals surface area contributed by atoms with Gasteiger partial charge in [-0.15, -0.1) is 11.3 Å². The van der Waals surface area contributed by atoms with Crippen LogP contribution in [-0.4, -0.2) is 40.4 Å². The summed E-state index contributed by atoms with van der Waals surface area (Å²) in [6.45, 7) is 2.51. The highest BCUT2D eigenvalue weighted by Crippen LogP contribution is 2.29. The topological polar surface area (TPSA) is 47.4 Å². The molecule has 0 saturated carbocycles. The third-order valence-corrected chi connectivity index (χ3v) is 6.15. The predicted molar refractivity (Wildman–Crippen MR) is 112 cm³/mol. The maximum absolute atomic E-state index is 13.2. The summed E-state index contributed by atoms with van der Waals surface area (Å²) in [5, 5.41) is 3.50. The number of rotatable bonds is 6. The van der Waals surface area contributed by atoms with Crippen LogP contribution < -0.4 is 4.74 Å². The first kappa shape index (κ1) is 19.2. The summed E-state index contributed by atoms with van der Waals surface area (Å²) in [4.78, 5) is 19.9. The molecule has 0 aliphatic carbocycles. The lowest BCUT2D eigenvalue weighted by Gasteiger charge is -2.32. The van der Waals surface area contributed by atoms with Crippen LogP contribution in [0.2, 0.25) is 5.02 Å². The normalized spacial score (nSPS) is 17.6. The molecule has 1 saturated heterocycles. The van der Waals surface area contributed by atoms with E-state index in [0.29, 0.717) is 16.3 Å². The van der Waals surface area contributed by atoms with Crippen LogP contribution in [-0.2, 0) is 6.54 Å². The fourth-order valence-corrected chi connectivity index (χ4v) is 4.63. The zero-order chi connectivity index (χ0) is 19.5. The quantitative estimate of drug-likeness (QED) is 0.548. The Morgan fingerprint density at radius 3 is 3.07 bits per heavy atom. The van der Waals surface area contributed by atoms with Gasteiger partial charge < -0.3 is 4.74 Å². The number of methoxy groups -OCH3 is 1. The zero-order valence-electron chi connectivity index (χ0n) is 15.7. The SMILES string of the molecule is COc1ccc(Cl)cc1C(=O)[C@@H]1CCCN(Cc2cccn2-c2nccs2)C1. The molecule has 0 radical (unpaired) electrons. The summed E-state index contributed by atoms with van der Waals surface area (Å²) in [7, 11) is 1.58. The molecule has 1 fully saturated rings. The second-order valence-corrected chi connectivity index (χ2v) is 8.28. The molecule has 1 aliphatic rings. The van der Waals surface area contributed by atoms with Crippen molar-refractivity contribution in [1.82, 2.24) is 14.5 Å². The Kier molecular flexibility index (Phi) is 5.80. The Hall–Kier alpha value is -2.15. The maximum Gasteiger partial charge on any atom is 0.193 e. The lowest BCUT2D eigenvalue weighted by atomic mass is 9.89. The number of piperidine rings is 1. The van der Waals surface area contributed by atoms with Gasteiger partial charge >= 0.3 is 0 Å². The molecule has 0 amide bonds. The number of aromatic nitrogens is 2. The fraction of sp³-hybridized carbons (Fsp3) is 0.333. The summed E-state index contributed by atoms with van der Waals surface area (Å²) >= 11 is 7.74. The van der Waals surface area contributed by atoms with E-state index in [1.807, 2.05) is 23.8 Å². The van der Waals surface area contributed by atoms with Crippen molar-refractivity contribution in [3.8, 4) is 10.9 Å². The molecule has 3 heterocycles. The number of carbonyl (C=O) groups excluding carboxylic acids is 1. The third kappa shape index (κ3) is 3.99. The lowest BCUT2D eigenvalue weighted by Crippen LogP contribution is -2.38. The van der Waals surface area contributed by atoms with Crippen molar-refractivity contribution in [2.75, 3.05) is 20.2 Å². The highest BCUT2D eigenvalue weighted by molar-refractivity contribution is 7.12. The molecule has 1 atom stereocenters. The Bertz CT molecular complexity index is 954. The van der Waals surface area contributed by atoms with Crippen molar-refractivity contribution < 1.29 is 9.53 Å².